The number of carbonyl (C=O) groups excluding carboxylic acids is 1. The van der Waals surface area contributed by atoms with Crippen molar-refractivity contribution in [3.8, 4) is 0 Å². The molecule has 78 valence electrons. The van der Waals surface area contributed by atoms with E-state index in [4.69, 9.17) is 0 Å². The molecule has 1 N–H and O–H groups in total. The number of nitrogens with one attached hydrogen (secondary N) is 1. The Balaban J connectivity index is 1.95. The van der Waals surface area contributed by atoms with Crippen LogP contribution in [0.1, 0.15) is 45.4 Å². The van der Waals surface area contributed by atoms with Gasteiger partial charge in [0.05, 0.1) is 0 Å². The first-order valence-corrected chi connectivity index (χ1v) is 6.00. The van der Waals surface area contributed by atoms with Gasteiger partial charge >= 0.3 is 0 Å². The van der Waals surface area contributed by atoms with E-state index in [1.165, 1.54) is 25.7 Å². The largest absolute Gasteiger partial charge is 0.353 e. The molecule has 1 heterocycles. The molecule has 0 spiro atoms. The summed E-state index contributed by atoms with van der Waals surface area (Å²) in [4.78, 5) is 11.7. The molecule has 0 unspecified atom stereocenters. The first-order valence-electron chi connectivity index (χ1n) is 6.00. The smallest absolute Gasteiger partial charge is 0.223 e. The van der Waals surface area contributed by atoms with Crippen molar-refractivity contribution in [3.63, 3.8) is 0 Å². The van der Waals surface area contributed by atoms with Crippen molar-refractivity contribution in [2.75, 3.05) is 0 Å². The van der Waals surface area contributed by atoms with Gasteiger partial charge in [0.1, 0.15) is 0 Å². The van der Waals surface area contributed by atoms with Crippen molar-refractivity contribution >= 4 is 5.91 Å². The minimum atomic E-state index is 0.339. The Kier molecular flexibility index (Phi) is 1.71. The molecule has 0 aromatic carbocycles. The van der Waals surface area contributed by atoms with E-state index in [2.05, 4.69) is 12.2 Å². The van der Waals surface area contributed by atoms with Crippen LogP contribution >= 0.6 is 0 Å². The number of fused-ring (bicyclic) bond motifs is 1. The molecule has 2 saturated carbocycles. The van der Waals surface area contributed by atoms with Gasteiger partial charge in [-0.05, 0) is 43.4 Å². The minimum absolute atomic E-state index is 0.339. The lowest BCUT2D eigenvalue weighted by Gasteiger charge is -2.55. The average Bonchev–Trinajstić information content (AvgIpc) is 2.18. The molecular formula is C12H19NO. The molecule has 2 bridgehead atoms. The number of hydrogen-bond acceptors (Lipinski definition) is 1. The van der Waals surface area contributed by atoms with E-state index in [9.17, 15) is 4.79 Å². The summed E-state index contributed by atoms with van der Waals surface area (Å²) >= 11 is 0. The van der Waals surface area contributed by atoms with Gasteiger partial charge in [0, 0.05) is 12.0 Å². The van der Waals surface area contributed by atoms with E-state index in [0.717, 1.165) is 18.8 Å². The zero-order valence-corrected chi connectivity index (χ0v) is 8.88. The maximum absolute atomic E-state index is 11.7. The van der Waals surface area contributed by atoms with Crippen molar-refractivity contribution in [2.24, 2.45) is 17.3 Å². The van der Waals surface area contributed by atoms with Crippen LogP contribution < -0.4 is 5.32 Å². The molecule has 2 nitrogen and oxygen atoms in total. The summed E-state index contributed by atoms with van der Waals surface area (Å²) in [6.45, 7) is 2.41. The fourth-order valence-electron chi connectivity index (χ4n) is 4.08. The zero-order chi connectivity index (χ0) is 9.76. The third-order valence-corrected chi connectivity index (χ3v) is 5.01. The van der Waals surface area contributed by atoms with Crippen LogP contribution in [0.15, 0.2) is 0 Å². The first kappa shape index (κ1) is 8.75. The van der Waals surface area contributed by atoms with Crippen molar-refractivity contribution < 1.29 is 4.79 Å². The van der Waals surface area contributed by atoms with Crippen LogP contribution in [0.25, 0.3) is 0 Å². The lowest BCUT2D eigenvalue weighted by atomic mass is 9.54. The summed E-state index contributed by atoms with van der Waals surface area (Å²) in [5.41, 5.74) is 0.440. The highest BCUT2D eigenvalue weighted by Gasteiger charge is 2.52. The molecule has 0 aromatic heterocycles. The molecule has 0 aromatic rings. The van der Waals surface area contributed by atoms with Gasteiger partial charge in [-0.3, -0.25) is 4.79 Å². The Labute approximate surface area is 85.4 Å². The highest BCUT2D eigenvalue weighted by atomic mass is 16.2. The highest BCUT2D eigenvalue weighted by Crippen LogP contribution is 2.53. The van der Waals surface area contributed by atoms with Crippen molar-refractivity contribution in [2.45, 2.75) is 51.5 Å². The van der Waals surface area contributed by atoms with Gasteiger partial charge in [0.25, 0.3) is 0 Å². The molecule has 3 rings (SSSR count). The average molecular weight is 193 g/mol. The van der Waals surface area contributed by atoms with E-state index >= 15 is 0 Å². The van der Waals surface area contributed by atoms with Crippen LogP contribution in [0.4, 0.5) is 0 Å². The maximum Gasteiger partial charge on any atom is 0.223 e. The summed E-state index contributed by atoms with van der Waals surface area (Å²) in [7, 11) is 0. The van der Waals surface area contributed by atoms with Crippen LogP contribution in [0.5, 0.6) is 0 Å². The van der Waals surface area contributed by atoms with Gasteiger partial charge in [-0.15, -0.1) is 0 Å². The van der Waals surface area contributed by atoms with E-state index in [1.807, 2.05) is 0 Å². The Morgan fingerprint density at radius 2 is 2.14 bits per heavy atom. The molecule has 2 aliphatic carbocycles. The normalized spacial score (nSPS) is 51.2. The van der Waals surface area contributed by atoms with Crippen LogP contribution in [-0.4, -0.2) is 11.9 Å². The second kappa shape index (κ2) is 2.74. The number of amides is 1. The lowest BCUT2D eigenvalue weighted by Crippen LogP contribution is -2.61. The van der Waals surface area contributed by atoms with Gasteiger partial charge in [0.2, 0.25) is 5.91 Å². The third-order valence-electron chi connectivity index (χ3n) is 5.01. The van der Waals surface area contributed by atoms with Crippen molar-refractivity contribution in [1.29, 1.82) is 0 Å². The number of rotatable bonds is 0. The monoisotopic (exact) mass is 193 g/mol. The summed E-state index contributed by atoms with van der Waals surface area (Å²) in [5, 5.41) is 3.25. The molecule has 3 aliphatic rings. The maximum atomic E-state index is 11.7. The predicted octanol–water partition coefficient (Wildman–Crippen LogP) is 2.09. The Morgan fingerprint density at radius 1 is 1.29 bits per heavy atom. The second-order valence-corrected chi connectivity index (χ2v) is 5.67. The molecular weight excluding hydrogens is 174 g/mol. The second-order valence-electron chi connectivity index (χ2n) is 5.67. The molecule has 1 saturated heterocycles. The van der Waals surface area contributed by atoms with Crippen LogP contribution in [-0.2, 0) is 4.79 Å². The topological polar surface area (TPSA) is 29.1 Å². The van der Waals surface area contributed by atoms with E-state index in [1.54, 1.807) is 0 Å². The molecule has 1 aliphatic heterocycles. The van der Waals surface area contributed by atoms with Crippen LogP contribution in [0.3, 0.4) is 0 Å². The quantitative estimate of drug-likeness (QED) is 0.627. The first-order chi connectivity index (χ1) is 6.70. The van der Waals surface area contributed by atoms with Gasteiger partial charge in [-0.1, -0.05) is 13.3 Å². The number of hydrogen-bond donors (Lipinski definition) is 1. The van der Waals surface area contributed by atoms with Crippen molar-refractivity contribution in [1.82, 2.24) is 5.32 Å². The van der Waals surface area contributed by atoms with Crippen molar-refractivity contribution in [3.05, 3.63) is 0 Å². The summed E-state index contributed by atoms with van der Waals surface area (Å²) in [6, 6.07) is 0.491. The molecule has 4 atom stereocenters. The summed E-state index contributed by atoms with van der Waals surface area (Å²) < 4.78 is 0. The Morgan fingerprint density at radius 3 is 3.00 bits per heavy atom. The van der Waals surface area contributed by atoms with E-state index in [0.29, 0.717) is 23.3 Å². The van der Waals surface area contributed by atoms with Gasteiger partial charge in [-0.2, -0.15) is 0 Å². The Hall–Kier alpha value is -0.530. The lowest BCUT2D eigenvalue weighted by molar-refractivity contribution is -0.140. The Bertz CT molecular complexity index is 275. The molecule has 2 heteroatoms. The van der Waals surface area contributed by atoms with E-state index < -0.39 is 0 Å². The number of carbonyl (C=O) groups is 1. The molecule has 14 heavy (non-hydrogen) atoms. The minimum Gasteiger partial charge on any atom is -0.353 e. The third kappa shape index (κ3) is 0.999. The molecule has 1 amide bonds. The highest BCUT2D eigenvalue weighted by molar-refractivity contribution is 5.80. The van der Waals surface area contributed by atoms with E-state index in [-0.39, 0.29) is 0 Å². The number of piperidine rings is 1. The predicted molar refractivity (Wildman–Crippen MR) is 54.7 cm³/mol. The molecule has 0 radical (unpaired) electrons. The molecule has 3 fully saturated rings. The van der Waals surface area contributed by atoms with Gasteiger partial charge < -0.3 is 5.32 Å². The fraction of sp³-hybridized carbons (Fsp3) is 0.917. The SMILES string of the molecule is C[C@@]12C[C@H]3CC[C@@H]1CCC[C@@H]2NC3=O. The van der Waals surface area contributed by atoms with Crippen LogP contribution in [0.2, 0.25) is 0 Å². The fourth-order valence-corrected chi connectivity index (χ4v) is 4.08. The zero-order valence-electron chi connectivity index (χ0n) is 8.88. The standard InChI is InChI=1S/C12H19NO/c1-12-7-8-5-6-9(12)3-2-4-10(12)13-11(8)14/h8-10H,2-7H2,1H3,(H,13,14)/t8-,9+,10+,12-/m1/s1. The summed E-state index contributed by atoms with van der Waals surface area (Å²) in [5.74, 6) is 1.57. The van der Waals surface area contributed by atoms with Crippen LogP contribution in [0, 0.1) is 17.3 Å². The van der Waals surface area contributed by atoms with Gasteiger partial charge in [-0.25, -0.2) is 0 Å². The van der Waals surface area contributed by atoms with Gasteiger partial charge in [0.15, 0.2) is 0 Å². The summed E-state index contributed by atoms with van der Waals surface area (Å²) in [6.07, 6.45) is 7.52.